The molecule has 0 spiro atoms. The normalized spacial score (nSPS) is 34.6. The van der Waals surface area contributed by atoms with E-state index >= 15 is 0 Å². The van der Waals surface area contributed by atoms with Crippen molar-refractivity contribution in [2.75, 3.05) is 32.1 Å². The molecule has 1 saturated carbocycles. The maximum absolute atomic E-state index is 13.0. The molecule has 7 rings (SSSR count). The number of ether oxygens (including phenoxy) is 1. The summed E-state index contributed by atoms with van der Waals surface area (Å²) in [5, 5.41) is 17.4. The van der Waals surface area contributed by atoms with Crippen molar-refractivity contribution in [1.29, 1.82) is 0 Å². The number of nitrogens with one attached hydrogen (secondary N) is 4. The van der Waals surface area contributed by atoms with E-state index in [4.69, 9.17) is 21.0 Å². The summed E-state index contributed by atoms with van der Waals surface area (Å²) < 4.78 is 5.49. The molecule has 6 aliphatic heterocycles. The van der Waals surface area contributed by atoms with Gasteiger partial charge in [0, 0.05) is 48.3 Å². The van der Waals surface area contributed by atoms with Crippen LogP contribution in [-0.2, 0) is 19.2 Å². The Bertz CT molecular complexity index is 1300. The van der Waals surface area contributed by atoms with Crippen molar-refractivity contribution in [2.45, 2.75) is 68.1 Å². The van der Waals surface area contributed by atoms with Crippen LogP contribution in [0.15, 0.2) is 43.1 Å². The lowest BCUT2D eigenvalue weighted by molar-refractivity contribution is -0.116. The van der Waals surface area contributed by atoms with Crippen LogP contribution in [0.2, 0.25) is 0 Å². The first kappa shape index (κ1) is 28.2. The number of ketones is 1. The molecule has 1 saturated heterocycles. The van der Waals surface area contributed by atoms with Crippen LogP contribution in [0.1, 0.15) is 32.1 Å². The Labute approximate surface area is 252 Å². The van der Waals surface area contributed by atoms with Crippen LogP contribution in [0.25, 0.3) is 0 Å². The Morgan fingerprint density at radius 3 is 2.83 bits per heavy atom. The third-order valence-electron chi connectivity index (χ3n) is 8.54. The standard InChI is InChI=1S/C26H36N10O4S2/c27-14-3-1-2-4-15(14)31-26-33-24(20(23(28)38)25-29-12-30-36(25)26)32-18-9-16(34-40-18)13-11-41-22-17(37)10-19(42-21(13)22)35-5-7-39-8-6-35/h10,12,14-15,18,22,24,26,31-33H,1-9,11,27H2,(H2,28,38)(H,29,30)/t14-,15+,18?,22?,24?,26?/m1/s1. The number of oxime groups is 1. The van der Waals surface area contributed by atoms with Crippen molar-refractivity contribution in [3.63, 3.8) is 0 Å². The van der Waals surface area contributed by atoms with Crippen molar-refractivity contribution >= 4 is 47.3 Å². The number of nitrogens with zero attached hydrogens (tertiary/aromatic N) is 4. The fraction of sp³-hybridized carbons (Fsp3) is 0.615. The molecule has 7 aliphatic rings. The zero-order valence-electron chi connectivity index (χ0n) is 23.1. The number of rotatable bonds is 7. The Morgan fingerprint density at radius 2 is 2.02 bits per heavy atom. The van der Waals surface area contributed by atoms with E-state index in [1.54, 1.807) is 34.6 Å². The summed E-state index contributed by atoms with van der Waals surface area (Å²) in [6.45, 7) is 2.86. The number of primary amides is 1. The highest BCUT2D eigenvalue weighted by Crippen LogP contribution is 2.48. The second-order valence-corrected chi connectivity index (χ2v) is 13.4. The number of morpholine rings is 1. The first-order valence-electron chi connectivity index (χ1n) is 14.5. The van der Waals surface area contributed by atoms with Crippen LogP contribution < -0.4 is 32.8 Å². The number of amides is 1. The Hall–Kier alpha value is -2.60. The van der Waals surface area contributed by atoms with E-state index in [1.807, 2.05) is 0 Å². The molecule has 0 aromatic heterocycles. The average molecular weight is 617 g/mol. The fourth-order valence-electron chi connectivity index (χ4n) is 6.33. The average Bonchev–Trinajstić information content (AvgIpc) is 3.75. The van der Waals surface area contributed by atoms with Gasteiger partial charge in [0.1, 0.15) is 6.34 Å². The van der Waals surface area contributed by atoms with Crippen molar-refractivity contribution in [2.24, 2.45) is 21.6 Å². The fourth-order valence-corrected chi connectivity index (χ4v) is 9.20. The van der Waals surface area contributed by atoms with Crippen molar-refractivity contribution in [1.82, 2.24) is 31.3 Å². The van der Waals surface area contributed by atoms with Gasteiger partial charge in [0.25, 0.3) is 5.91 Å². The van der Waals surface area contributed by atoms with Gasteiger partial charge in [0.2, 0.25) is 0 Å². The zero-order valence-corrected chi connectivity index (χ0v) is 24.7. The van der Waals surface area contributed by atoms with Crippen molar-refractivity contribution in [3.8, 4) is 0 Å². The molecule has 42 heavy (non-hydrogen) atoms. The van der Waals surface area contributed by atoms with E-state index in [-0.39, 0.29) is 23.1 Å². The van der Waals surface area contributed by atoms with Crippen LogP contribution in [0.4, 0.5) is 0 Å². The number of nitrogens with two attached hydrogens (primary N) is 2. The van der Waals surface area contributed by atoms with Gasteiger partial charge in [-0.25, -0.2) is 10.0 Å². The summed E-state index contributed by atoms with van der Waals surface area (Å²) in [5.74, 6) is 0.667. The molecule has 6 atom stereocenters. The second kappa shape index (κ2) is 11.8. The van der Waals surface area contributed by atoms with Gasteiger partial charge in [-0.15, -0.1) is 11.8 Å². The van der Waals surface area contributed by atoms with E-state index < -0.39 is 24.6 Å². The van der Waals surface area contributed by atoms with E-state index in [1.165, 1.54) is 6.34 Å². The molecule has 16 heteroatoms. The van der Waals surface area contributed by atoms with Crippen molar-refractivity contribution in [3.05, 3.63) is 33.0 Å². The Kier molecular flexibility index (Phi) is 7.94. The number of hydrazine groups is 1. The summed E-state index contributed by atoms with van der Waals surface area (Å²) in [7, 11) is 0. The molecule has 2 fully saturated rings. The molecule has 1 amide bonds. The maximum Gasteiger partial charge on any atom is 0.251 e. The van der Waals surface area contributed by atoms with E-state index in [0.29, 0.717) is 36.8 Å². The van der Waals surface area contributed by atoms with E-state index in [2.05, 4.69) is 36.4 Å². The summed E-state index contributed by atoms with van der Waals surface area (Å²) in [5.41, 5.74) is 17.5. The quantitative estimate of drug-likeness (QED) is 0.208. The second-order valence-electron chi connectivity index (χ2n) is 11.2. The molecule has 0 aromatic rings. The van der Waals surface area contributed by atoms with Crippen LogP contribution in [0, 0.1) is 0 Å². The Morgan fingerprint density at radius 1 is 1.19 bits per heavy atom. The predicted molar refractivity (Wildman–Crippen MR) is 160 cm³/mol. The lowest BCUT2D eigenvalue weighted by Gasteiger charge is -2.43. The summed E-state index contributed by atoms with van der Waals surface area (Å²) >= 11 is 3.29. The van der Waals surface area contributed by atoms with E-state index in [0.717, 1.165) is 60.0 Å². The number of hydrogen-bond donors (Lipinski definition) is 6. The van der Waals surface area contributed by atoms with Crippen LogP contribution in [0.5, 0.6) is 0 Å². The lowest BCUT2D eigenvalue weighted by Crippen LogP contribution is -2.70. The lowest BCUT2D eigenvalue weighted by atomic mass is 9.91. The minimum atomic E-state index is -0.646. The zero-order chi connectivity index (χ0) is 28.8. The van der Waals surface area contributed by atoms with Crippen LogP contribution in [0.3, 0.4) is 0 Å². The van der Waals surface area contributed by atoms with E-state index in [9.17, 15) is 9.59 Å². The number of allylic oxidation sites excluding steroid dienone is 1. The SMILES string of the molecule is NC(=O)C1=C2N=CNN2C(N[C@H]2CCCC[C@H]2N)NC1NC1CC(C2=C3SC(N4CCOCC4)=CC(=O)C3SC2)=NO1. The molecular weight excluding hydrogens is 580 g/mol. The molecule has 226 valence electrons. The number of fused-ring (bicyclic) bond motifs is 2. The largest absolute Gasteiger partial charge is 0.378 e. The third kappa shape index (κ3) is 5.33. The third-order valence-corrected chi connectivity index (χ3v) is 11.2. The first-order chi connectivity index (χ1) is 20.5. The summed E-state index contributed by atoms with van der Waals surface area (Å²) in [6.07, 6.45) is 6.41. The molecule has 6 heterocycles. The summed E-state index contributed by atoms with van der Waals surface area (Å²) in [4.78, 5) is 39.2. The van der Waals surface area contributed by atoms with Crippen LogP contribution in [-0.4, -0.2) is 102 Å². The molecule has 14 nitrogen and oxygen atoms in total. The molecule has 4 unspecified atom stereocenters. The highest BCUT2D eigenvalue weighted by Gasteiger charge is 2.43. The number of carbonyl (C=O) groups excluding carboxylic acids is 2. The molecular formula is C26H36N10O4S2. The van der Waals surface area contributed by atoms with Gasteiger partial charge in [-0.05, 0) is 18.4 Å². The number of aliphatic imine (C=N–C) groups is 1. The topological polar surface area (TPSA) is 184 Å². The number of thioether (sulfide) groups is 2. The maximum atomic E-state index is 13.0. The van der Waals surface area contributed by atoms with Gasteiger partial charge >= 0.3 is 0 Å². The smallest absolute Gasteiger partial charge is 0.251 e. The first-order valence-corrected chi connectivity index (χ1v) is 16.3. The number of hydrogen-bond acceptors (Lipinski definition) is 15. The summed E-state index contributed by atoms with van der Waals surface area (Å²) in [6, 6.07) is 0.155. The van der Waals surface area contributed by atoms with Gasteiger partial charge in [-0.2, -0.15) is 0 Å². The van der Waals surface area contributed by atoms with Gasteiger partial charge in [0.05, 0.1) is 40.9 Å². The van der Waals surface area contributed by atoms with Crippen molar-refractivity contribution < 1.29 is 19.2 Å². The Balaban J connectivity index is 1.06. The minimum Gasteiger partial charge on any atom is -0.378 e. The number of carbonyl (C=O) groups is 2. The van der Waals surface area contributed by atoms with Gasteiger partial charge in [-0.1, -0.05) is 29.8 Å². The van der Waals surface area contributed by atoms with Gasteiger partial charge < -0.3 is 25.9 Å². The van der Waals surface area contributed by atoms with Gasteiger partial charge in [0.15, 0.2) is 24.1 Å². The highest BCUT2D eigenvalue weighted by atomic mass is 32.2. The van der Waals surface area contributed by atoms with Gasteiger partial charge in [-0.3, -0.25) is 31.0 Å². The molecule has 0 bridgehead atoms. The molecule has 8 N–H and O–H groups in total. The highest BCUT2D eigenvalue weighted by molar-refractivity contribution is 8.10. The minimum absolute atomic E-state index is 0.0420. The molecule has 1 aliphatic carbocycles. The monoisotopic (exact) mass is 616 g/mol. The predicted octanol–water partition coefficient (Wildman–Crippen LogP) is -0.845. The van der Waals surface area contributed by atoms with Crippen LogP contribution >= 0.6 is 23.5 Å². The molecule has 0 radical (unpaired) electrons. The molecule has 0 aromatic carbocycles.